The zero-order valence-corrected chi connectivity index (χ0v) is 40.8. The third-order valence-electron chi connectivity index (χ3n) is 15.4. The van der Waals surface area contributed by atoms with Gasteiger partial charge >= 0.3 is 0 Å². The van der Waals surface area contributed by atoms with Crippen LogP contribution < -0.4 is 40.4 Å². The Kier molecular flexibility index (Phi) is 13.1. The van der Waals surface area contributed by atoms with Gasteiger partial charge in [0, 0.05) is 104 Å². The smallest absolute Gasteiger partial charge is 0.244 e. The van der Waals surface area contributed by atoms with Crippen LogP contribution >= 0.6 is 11.6 Å². The number of nitrogens with zero attached hydrogens (tertiary/aromatic N) is 4. The average Bonchev–Trinajstić information content (AvgIpc) is 3.80. The van der Waals surface area contributed by atoms with Gasteiger partial charge in [0.05, 0.1) is 28.3 Å². The Bertz CT molecular complexity index is 2550. The summed E-state index contributed by atoms with van der Waals surface area (Å²) in [4.78, 5) is 33.1. The van der Waals surface area contributed by atoms with Gasteiger partial charge in [-0.05, 0) is 92.6 Å². The Morgan fingerprint density at radius 2 is 1.67 bits per heavy atom. The molecule has 1 saturated carbocycles. The van der Waals surface area contributed by atoms with Gasteiger partial charge < -0.3 is 29.9 Å². The number of likely N-dealkylation sites (tertiary alicyclic amines) is 1. The molecule has 2 amide bonds. The Hall–Kier alpha value is -4.89. The Morgan fingerprint density at radius 1 is 0.940 bits per heavy atom. The van der Waals surface area contributed by atoms with Crippen LogP contribution in [0.2, 0.25) is 5.02 Å². The molecule has 67 heavy (non-hydrogen) atoms. The molecular formula is C50H64ClN9O6S. The number of benzene rings is 3. The van der Waals surface area contributed by atoms with Gasteiger partial charge in [-0.3, -0.25) is 29.8 Å². The van der Waals surface area contributed by atoms with E-state index in [1.807, 2.05) is 30.5 Å². The molecule has 6 aliphatic rings. The van der Waals surface area contributed by atoms with Crippen molar-refractivity contribution in [1.29, 1.82) is 5.26 Å². The number of nitriles is 1. The number of amides is 2. The van der Waals surface area contributed by atoms with E-state index in [1.165, 1.54) is 0 Å². The van der Waals surface area contributed by atoms with Crippen molar-refractivity contribution < 1.29 is 27.5 Å². The van der Waals surface area contributed by atoms with Crippen molar-refractivity contribution in [2.24, 2.45) is 34.5 Å². The summed E-state index contributed by atoms with van der Waals surface area (Å²) >= 11 is 6.28. The van der Waals surface area contributed by atoms with E-state index in [-0.39, 0.29) is 64.7 Å². The Labute approximate surface area is 400 Å². The number of anilines is 2. The van der Waals surface area contributed by atoms with Crippen LogP contribution in [0.5, 0.6) is 17.2 Å². The number of likely N-dealkylation sites (N-methyl/N-ethyl adjacent to an activating group) is 1. The van der Waals surface area contributed by atoms with Crippen LogP contribution in [0.1, 0.15) is 65.0 Å². The molecule has 17 heteroatoms. The van der Waals surface area contributed by atoms with Gasteiger partial charge in [-0.2, -0.15) is 5.26 Å². The van der Waals surface area contributed by atoms with Gasteiger partial charge in [0.15, 0.2) is 0 Å². The van der Waals surface area contributed by atoms with Crippen LogP contribution in [0.4, 0.5) is 11.4 Å². The quantitative estimate of drug-likeness (QED) is 0.139. The highest BCUT2D eigenvalue weighted by Crippen LogP contribution is 2.56. The summed E-state index contributed by atoms with van der Waals surface area (Å²) in [6.45, 7) is 16.0. The summed E-state index contributed by atoms with van der Waals surface area (Å²) in [7, 11) is -1.75. The molecule has 5 fully saturated rings. The number of halogens is 1. The highest BCUT2D eigenvalue weighted by molar-refractivity contribution is 7.92. The standard InChI is InChI=1S/C50H64ClN9O6S/c1-7-67(63,64)57-34-12-14-42(39(21-34)40-29-58(6)45(62)43-38(40)15-18-53-43)65-36-10-8-9-35(22-36)59-19-16-30(17-20-59)33-27-60(28-33)48-54-25-32(26-55-48)44(61)56-46-49(2,3)47(50(46,4)5)66-37-13-11-31(24-52)41(51)23-37/h8-14,21-23,29-30,32-33,38,43,46-48,53-55,57H,7,15-20,25-28H2,1-6H3,(H,56,61). The van der Waals surface area contributed by atoms with Crippen molar-refractivity contribution in [3.63, 3.8) is 0 Å². The molecule has 5 aliphatic heterocycles. The average molecular weight is 955 g/mol. The topological polar surface area (TPSA) is 180 Å². The van der Waals surface area contributed by atoms with Gasteiger partial charge in [0.2, 0.25) is 21.8 Å². The van der Waals surface area contributed by atoms with Crippen molar-refractivity contribution in [2.45, 2.75) is 78.4 Å². The lowest BCUT2D eigenvalue weighted by Gasteiger charge is -2.63. The normalized spacial score (nSPS) is 27.5. The molecule has 9 rings (SSSR count). The highest BCUT2D eigenvalue weighted by atomic mass is 35.5. The van der Waals surface area contributed by atoms with E-state index in [9.17, 15) is 23.3 Å². The van der Waals surface area contributed by atoms with E-state index in [0.717, 1.165) is 68.8 Å². The summed E-state index contributed by atoms with van der Waals surface area (Å²) < 4.78 is 40.8. The lowest BCUT2D eigenvalue weighted by atomic mass is 9.49. The molecule has 1 aliphatic carbocycles. The molecular weight excluding hydrogens is 890 g/mol. The van der Waals surface area contributed by atoms with E-state index in [1.54, 1.807) is 43.1 Å². The molecule has 4 saturated heterocycles. The first-order valence-electron chi connectivity index (χ1n) is 23.7. The van der Waals surface area contributed by atoms with Crippen LogP contribution in [0.3, 0.4) is 0 Å². The molecule has 5 N–H and O–H groups in total. The summed E-state index contributed by atoms with van der Waals surface area (Å²) in [5, 5.41) is 23.6. The zero-order chi connectivity index (χ0) is 47.4. The number of ether oxygens (including phenoxy) is 2. The molecule has 358 valence electrons. The Balaban J connectivity index is 0.753. The van der Waals surface area contributed by atoms with Gasteiger partial charge in [0.25, 0.3) is 0 Å². The summed E-state index contributed by atoms with van der Waals surface area (Å²) in [5.41, 5.74) is 3.00. The number of sulfonamides is 1. The maximum Gasteiger partial charge on any atom is 0.244 e. The molecule has 0 spiro atoms. The van der Waals surface area contributed by atoms with Crippen LogP contribution in [0.25, 0.3) is 5.57 Å². The summed E-state index contributed by atoms with van der Waals surface area (Å²) in [6.07, 6.45) is 4.75. The number of hydrogen-bond acceptors (Lipinski definition) is 12. The van der Waals surface area contributed by atoms with Crippen molar-refractivity contribution in [2.75, 3.05) is 68.2 Å². The molecule has 3 aromatic rings. The van der Waals surface area contributed by atoms with Crippen molar-refractivity contribution in [1.82, 2.24) is 31.1 Å². The lowest BCUT2D eigenvalue weighted by molar-refractivity contribution is -0.175. The molecule has 0 aromatic heterocycles. The molecule has 0 bridgehead atoms. The predicted molar refractivity (Wildman–Crippen MR) is 260 cm³/mol. The first kappa shape index (κ1) is 47.2. The number of carbonyl (C=O) groups is 2. The second-order valence-corrected chi connectivity index (χ2v) is 22.9. The molecule has 3 aromatic carbocycles. The number of piperidine rings is 1. The fourth-order valence-electron chi connectivity index (χ4n) is 11.8. The summed E-state index contributed by atoms with van der Waals surface area (Å²) in [5.74, 6) is 2.93. The van der Waals surface area contributed by atoms with E-state index in [4.69, 9.17) is 21.1 Å². The predicted octanol–water partition coefficient (Wildman–Crippen LogP) is 5.80. The first-order chi connectivity index (χ1) is 31.9. The van der Waals surface area contributed by atoms with E-state index < -0.39 is 10.0 Å². The van der Waals surface area contributed by atoms with Gasteiger partial charge in [-0.1, -0.05) is 45.4 Å². The largest absolute Gasteiger partial charge is 0.489 e. The second-order valence-electron chi connectivity index (χ2n) is 20.5. The minimum absolute atomic E-state index is 0.0206. The monoisotopic (exact) mass is 953 g/mol. The number of fused-ring (bicyclic) bond motifs is 1. The minimum Gasteiger partial charge on any atom is -0.489 e. The fourth-order valence-corrected chi connectivity index (χ4v) is 12.7. The highest BCUT2D eigenvalue weighted by Gasteiger charge is 2.64. The number of carbonyl (C=O) groups excluding carboxylic acids is 2. The second kappa shape index (κ2) is 18.5. The maximum absolute atomic E-state index is 13.7. The van der Waals surface area contributed by atoms with Gasteiger partial charge in [-0.25, -0.2) is 8.42 Å². The molecule has 15 nitrogen and oxygen atoms in total. The number of rotatable bonds is 13. The van der Waals surface area contributed by atoms with Gasteiger partial charge in [-0.15, -0.1) is 0 Å². The molecule has 0 radical (unpaired) electrons. The summed E-state index contributed by atoms with van der Waals surface area (Å²) in [6, 6.07) is 20.3. The maximum atomic E-state index is 13.7. The van der Waals surface area contributed by atoms with Crippen LogP contribution in [-0.4, -0.2) is 113 Å². The fraction of sp³-hybridized carbons (Fsp3) is 0.540. The first-order valence-corrected chi connectivity index (χ1v) is 25.8. The number of hydrogen-bond donors (Lipinski definition) is 5. The van der Waals surface area contributed by atoms with Gasteiger partial charge in [0.1, 0.15) is 35.7 Å². The van der Waals surface area contributed by atoms with Crippen LogP contribution in [-0.2, 0) is 19.6 Å². The van der Waals surface area contributed by atoms with E-state index in [2.05, 4.69) is 81.7 Å². The third kappa shape index (κ3) is 9.35. The van der Waals surface area contributed by atoms with Crippen molar-refractivity contribution in [3.05, 3.63) is 83.0 Å². The molecule has 2 atom stereocenters. The number of nitrogens with one attached hydrogen (secondary N) is 5. The lowest BCUT2D eigenvalue weighted by Crippen LogP contribution is -2.75. The van der Waals surface area contributed by atoms with Crippen LogP contribution in [0, 0.1) is 45.8 Å². The SMILES string of the molecule is CCS(=O)(=O)Nc1ccc(Oc2cccc(N3CCC(C4CN(C5NCC(C(=O)NC6C(C)(C)C(Oc7ccc(C#N)c(Cl)c7)C6(C)C)CN5)C4)CC3)c2)c(C2=CN(C)C(=O)C3NCCC23)c1. The molecule has 5 heterocycles. The van der Waals surface area contributed by atoms with Crippen molar-refractivity contribution >= 4 is 50.4 Å². The van der Waals surface area contributed by atoms with Crippen LogP contribution in [0.15, 0.2) is 66.9 Å². The Morgan fingerprint density at radius 3 is 2.36 bits per heavy atom. The third-order valence-corrected chi connectivity index (χ3v) is 17.0. The van der Waals surface area contributed by atoms with E-state index >= 15 is 0 Å². The minimum atomic E-state index is -3.51. The molecule has 2 unspecified atom stereocenters. The van der Waals surface area contributed by atoms with E-state index in [0.29, 0.717) is 58.4 Å². The van der Waals surface area contributed by atoms with Crippen molar-refractivity contribution in [3.8, 4) is 23.3 Å². The zero-order valence-electron chi connectivity index (χ0n) is 39.3.